The number of aryl methyl sites for hydroxylation is 1. The van der Waals surface area contributed by atoms with Crippen molar-refractivity contribution in [3.05, 3.63) is 53.5 Å². The minimum absolute atomic E-state index is 0.0564. The Morgan fingerprint density at radius 2 is 2.08 bits per heavy atom. The second-order valence-corrected chi connectivity index (χ2v) is 6.08. The Labute approximate surface area is 140 Å². The van der Waals surface area contributed by atoms with Crippen LogP contribution in [0.2, 0.25) is 0 Å². The maximum Gasteiger partial charge on any atom is 0.356 e. The lowest BCUT2D eigenvalue weighted by atomic mass is 9.89. The second kappa shape index (κ2) is 7.40. The van der Waals surface area contributed by atoms with E-state index < -0.39 is 5.97 Å². The van der Waals surface area contributed by atoms with Crippen molar-refractivity contribution >= 4 is 11.8 Å². The summed E-state index contributed by atoms with van der Waals surface area (Å²) >= 11 is 0. The van der Waals surface area contributed by atoms with Gasteiger partial charge in [0.1, 0.15) is 5.82 Å². The molecule has 2 atom stereocenters. The quantitative estimate of drug-likeness (QED) is 0.878. The Morgan fingerprint density at radius 1 is 1.29 bits per heavy atom. The van der Waals surface area contributed by atoms with Gasteiger partial charge in [-0.1, -0.05) is 29.8 Å². The average molecular weight is 327 g/mol. The summed E-state index contributed by atoms with van der Waals surface area (Å²) in [6, 6.07) is 8.46. The normalized spacial score (nSPS) is 20.5. The first-order valence-electron chi connectivity index (χ1n) is 8.11. The zero-order valence-electron chi connectivity index (χ0n) is 13.6. The van der Waals surface area contributed by atoms with E-state index in [2.05, 4.69) is 46.5 Å². The van der Waals surface area contributed by atoms with Gasteiger partial charge in [0.05, 0.1) is 18.5 Å². The third kappa shape index (κ3) is 3.89. The molecule has 2 unspecified atom stereocenters. The summed E-state index contributed by atoms with van der Waals surface area (Å²) in [5.74, 6) is -0.162. The Bertz CT molecular complexity index is 686. The molecule has 1 aromatic carbocycles. The van der Waals surface area contributed by atoms with E-state index in [0.717, 1.165) is 19.4 Å². The van der Waals surface area contributed by atoms with Crippen LogP contribution in [0.5, 0.6) is 0 Å². The van der Waals surface area contributed by atoms with Crippen LogP contribution in [-0.4, -0.2) is 34.2 Å². The van der Waals surface area contributed by atoms with Gasteiger partial charge in [-0.25, -0.2) is 14.8 Å². The molecule has 0 aliphatic carbocycles. The van der Waals surface area contributed by atoms with Crippen molar-refractivity contribution in [2.75, 3.05) is 18.5 Å². The Hall–Kier alpha value is -2.47. The number of nitrogens with zero attached hydrogens (tertiary/aromatic N) is 2. The van der Waals surface area contributed by atoms with Crippen molar-refractivity contribution < 1.29 is 14.6 Å². The number of aromatic nitrogens is 2. The van der Waals surface area contributed by atoms with Crippen molar-refractivity contribution in [2.24, 2.45) is 5.92 Å². The van der Waals surface area contributed by atoms with Gasteiger partial charge < -0.3 is 15.2 Å². The number of carboxylic acids is 1. The van der Waals surface area contributed by atoms with Gasteiger partial charge in [0, 0.05) is 19.1 Å². The fourth-order valence-electron chi connectivity index (χ4n) is 2.94. The van der Waals surface area contributed by atoms with Crippen LogP contribution in [0, 0.1) is 12.8 Å². The number of benzene rings is 1. The first-order valence-corrected chi connectivity index (χ1v) is 8.11. The molecule has 24 heavy (non-hydrogen) atoms. The summed E-state index contributed by atoms with van der Waals surface area (Å²) < 4.78 is 6.00. The smallest absolute Gasteiger partial charge is 0.356 e. The first-order chi connectivity index (χ1) is 11.6. The van der Waals surface area contributed by atoms with Gasteiger partial charge in [-0.2, -0.15) is 0 Å². The summed E-state index contributed by atoms with van der Waals surface area (Å²) in [6.45, 7) is 3.56. The minimum Gasteiger partial charge on any atom is -0.476 e. The third-order valence-corrected chi connectivity index (χ3v) is 4.27. The predicted octanol–water partition coefficient (Wildman–Crippen LogP) is 3.06. The van der Waals surface area contributed by atoms with Gasteiger partial charge in [-0.3, -0.25) is 0 Å². The van der Waals surface area contributed by atoms with E-state index in [4.69, 9.17) is 9.84 Å². The van der Waals surface area contributed by atoms with E-state index >= 15 is 0 Å². The van der Waals surface area contributed by atoms with Crippen molar-refractivity contribution in [2.45, 2.75) is 25.9 Å². The van der Waals surface area contributed by atoms with Crippen LogP contribution in [0.25, 0.3) is 0 Å². The molecular formula is C18H21N3O3. The molecule has 6 heteroatoms. The zero-order valence-corrected chi connectivity index (χ0v) is 13.6. The molecule has 2 N–H and O–H groups in total. The largest absolute Gasteiger partial charge is 0.476 e. The van der Waals surface area contributed by atoms with E-state index in [-0.39, 0.29) is 11.8 Å². The predicted molar refractivity (Wildman–Crippen MR) is 90.1 cm³/mol. The molecule has 0 spiro atoms. The molecule has 3 rings (SSSR count). The van der Waals surface area contributed by atoms with Gasteiger partial charge in [0.15, 0.2) is 5.69 Å². The minimum atomic E-state index is -1.07. The molecule has 0 amide bonds. The number of hydrogen-bond donors (Lipinski definition) is 2. The fraction of sp³-hybridized carbons (Fsp3) is 0.389. The Morgan fingerprint density at radius 3 is 2.75 bits per heavy atom. The van der Waals surface area contributed by atoms with Gasteiger partial charge in [0.2, 0.25) is 0 Å². The van der Waals surface area contributed by atoms with Gasteiger partial charge in [-0.15, -0.1) is 0 Å². The molecule has 0 radical (unpaired) electrons. The maximum atomic E-state index is 10.8. The van der Waals surface area contributed by atoms with E-state index in [1.165, 1.54) is 23.5 Å². The van der Waals surface area contributed by atoms with Gasteiger partial charge >= 0.3 is 5.97 Å². The van der Waals surface area contributed by atoms with Crippen LogP contribution in [0.15, 0.2) is 36.7 Å². The highest BCUT2D eigenvalue weighted by Gasteiger charge is 2.27. The topological polar surface area (TPSA) is 84.3 Å². The lowest BCUT2D eigenvalue weighted by Crippen LogP contribution is -2.28. The van der Waals surface area contributed by atoms with Crippen LogP contribution in [-0.2, 0) is 4.74 Å². The van der Waals surface area contributed by atoms with E-state index in [1.807, 2.05) is 0 Å². The SMILES string of the molecule is Cc1ccc(C2OCCCC2CNc2cnc(C(=O)O)cn2)cc1. The number of rotatable bonds is 5. The number of ether oxygens (including phenoxy) is 1. The lowest BCUT2D eigenvalue weighted by Gasteiger charge is -2.32. The molecule has 0 bridgehead atoms. The summed E-state index contributed by atoms with van der Waals surface area (Å²) in [5, 5.41) is 12.1. The molecule has 1 aliphatic heterocycles. The summed E-state index contributed by atoms with van der Waals surface area (Å²) in [4.78, 5) is 18.8. The van der Waals surface area contributed by atoms with Gasteiger partial charge in [0.25, 0.3) is 0 Å². The Kier molecular flexibility index (Phi) is 5.05. The molecule has 2 heterocycles. The molecule has 1 aliphatic rings. The fourth-order valence-corrected chi connectivity index (χ4v) is 2.94. The van der Waals surface area contributed by atoms with Crippen LogP contribution in [0.3, 0.4) is 0 Å². The third-order valence-electron chi connectivity index (χ3n) is 4.27. The first kappa shape index (κ1) is 16.4. The molecule has 6 nitrogen and oxygen atoms in total. The number of anilines is 1. The molecule has 126 valence electrons. The van der Waals surface area contributed by atoms with Crippen molar-refractivity contribution in [3.8, 4) is 0 Å². The monoisotopic (exact) mass is 327 g/mol. The van der Waals surface area contributed by atoms with Gasteiger partial charge in [-0.05, 0) is 25.3 Å². The number of carbonyl (C=O) groups is 1. The van der Waals surface area contributed by atoms with E-state index in [0.29, 0.717) is 18.3 Å². The number of hydrogen-bond acceptors (Lipinski definition) is 5. The summed E-state index contributed by atoms with van der Waals surface area (Å²) in [7, 11) is 0. The molecule has 0 saturated carbocycles. The van der Waals surface area contributed by atoms with Crippen LogP contribution in [0.4, 0.5) is 5.82 Å². The molecule has 1 fully saturated rings. The molecular weight excluding hydrogens is 306 g/mol. The van der Waals surface area contributed by atoms with E-state index in [1.54, 1.807) is 0 Å². The standard InChI is InChI=1S/C18H21N3O3/c1-12-4-6-13(7-5-12)17-14(3-2-8-24-17)9-20-16-11-19-15(10-21-16)18(22)23/h4-7,10-11,14,17H,2-3,8-9H2,1H3,(H,20,21)(H,22,23). The summed E-state index contributed by atoms with van der Waals surface area (Å²) in [6.07, 6.45) is 4.90. The average Bonchev–Trinajstić information content (AvgIpc) is 2.61. The van der Waals surface area contributed by atoms with Crippen molar-refractivity contribution in [3.63, 3.8) is 0 Å². The van der Waals surface area contributed by atoms with Crippen molar-refractivity contribution in [1.29, 1.82) is 0 Å². The second-order valence-electron chi connectivity index (χ2n) is 6.08. The molecule has 2 aromatic rings. The number of carboxylic acid groups (broad SMARTS) is 1. The van der Waals surface area contributed by atoms with Crippen molar-refractivity contribution in [1.82, 2.24) is 9.97 Å². The highest BCUT2D eigenvalue weighted by Crippen LogP contribution is 2.33. The number of nitrogens with one attached hydrogen (secondary N) is 1. The Balaban J connectivity index is 1.65. The van der Waals surface area contributed by atoms with Crippen LogP contribution in [0.1, 0.15) is 40.6 Å². The van der Waals surface area contributed by atoms with Crippen LogP contribution < -0.4 is 5.32 Å². The lowest BCUT2D eigenvalue weighted by molar-refractivity contribution is -0.0238. The highest BCUT2D eigenvalue weighted by atomic mass is 16.5. The van der Waals surface area contributed by atoms with Crippen LogP contribution >= 0.6 is 0 Å². The van der Waals surface area contributed by atoms with E-state index in [9.17, 15) is 4.79 Å². The molecule has 1 saturated heterocycles. The highest BCUT2D eigenvalue weighted by molar-refractivity contribution is 5.84. The maximum absolute atomic E-state index is 10.8. The zero-order chi connectivity index (χ0) is 16.9. The number of aromatic carboxylic acids is 1. The molecule has 1 aromatic heterocycles. The summed E-state index contributed by atoms with van der Waals surface area (Å²) in [5.41, 5.74) is 2.37.